The van der Waals surface area contributed by atoms with Crippen LogP contribution in [0.4, 0.5) is 26.3 Å². The first kappa shape index (κ1) is 16.6. The first-order valence-corrected chi connectivity index (χ1v) is 6.62. The molecule has 0 radical (unpaired) electrons. The molecule has 1 saturated heterocycles. The summed E-state index contributed by atoms with van der Waals surface area (Å²) in [5.41, 5.74) is -1.12. The van der Waals surface area contributed by atoms with Gasteiger partial charge in [0.05, 0.1) is 11.5 Å². The topological polar surface area (TPSA) is 20.3 Å². The van der Waals surface area contributed by atoms with Crippen molar-refractivity contribution in [1.82, 2.24) is 4.90 Å². The Bertz CT molecular complexity index is 543. The summed E-state index contributed by atoms with van der Waals surface area (Å²) >= 11 is 0. The molecule has 22 heavy (non-hydrogen) atoms. The summed E-state index contributed by atoms with van der Waals surface area (Å²) < 4.78 is 75.5. The fraction of sp³-hybridized carbons (Fsp3) is 0.500. The second-order valence-electron chi connectivity index (χ2n) is 5.19. The van der Waals surface area contributed by atoms with Crippen LogP contribution in [0.3, 0.4) is 0 Å². The van der Waals surface area contributed by atoms with Crippen LogP contribution < -0.4 is 0 Å². The Morgan fingerprint density at radius 1 is 1.05 bits per heavy atom. The third kappa shape index (κ3) is 3.72. The molecule has 2 rings (SSSR count). The van der Waals surface area contributed by atoms with E-state index >= 15 is 0 Å². The van der Waals surface area contributed by atoms with Gasteiger partial charge in [0.15, 0.2) is 0 Å². The van der Waals surface area contributed by atoms with E-state index in [9.17, 15) is 31.1 Å². The minimum absolute atomic E-state index is 0.112. The minimum Gasteiger partial charge on any atom is -0.339 e. The maximum atomic E-state index is 12.6. The predicted molar refractivity (Wildman–Crippen MR) is 66.1 cm³/mol. The van der Waals surface area contributed by atoms with E-state index in [-0.39, 0.29) is 31.5 Å². The van der Waals surface area contributed by atoms with E-state index in [1.165, 1.54) is 6.07 Å². The highest BCUT2D eigenvalue weighted by molar-refractivity contribution is 5.94. The molecule has 1 aliphatic heterocycles. The third-order valence-electron chi connectivity index (χ3n) is 3.68. The van der Waals surface area contributed by atoms with Crippen LogP contribution in [-0.2, 0) is 6.18 Å². The number of alkyl halides is 6. The summed E-state index contributed by atoms with van der Waals surface area (Å²) in [6, 6.07) is 3.90. The maximum absolute atomic E-state index is 12.6. The number of rotatable bonds is 1. The van der Waals surface area contributed by atoms with E-state index in [0.29, 0.717) is 0 Å². The van der Waals surface area contributed by atoms with Crippen molar-refractivity contribution in [2.45, 2.75) is 25.2 Å². The second kappa shape index (κ2) is 5.81. The van der Waals surface area contributed by atoms with E-state index in [1.54, 1.807) is 0 Å². The predicted octanol–water partition coefficient (Wildman–Crippen LogP) is 4.12. The van der Waals surface area contributed by atoms with Gasteiger partial charge in [-0.2, -0.15) is 26.3 Å². The van der Waals surface area contributed by atoms with Gasteiger partial charge in [0.2, 0.25) is 0 Å². The number of likely N-dealkylation sites (tertiary alicyclic amines) is 1. The molecule has 1 amide bonds. The van der Waals surface area contributed by atoms with Gasteiger partial charge in [0.1, 0.15) is 0 Å². The van der Waals surface area contributed by atoms with Crippen LogP contribution in [0.15, 0.2) is 24.3 Å². The number of halogens is 6. The van der Waals surface area contributed by atoms with Crippen LogP contribution in [0.1, 0.15) is 28.8 Å². The number of nitrogens with zero attached hydrogens (tertiary/aromatic N) is 1. The highest BCUT2D eigenvalue weighted by atomic mass is 19.4. The highest BCUT2D eigenvalue weighted by Crippen LogP contribution is 2.35. The lowest BCUT2D eigenvalue weighted by atomic mass is 9.95. The number of benzene rings is 1. The van der Waals surface area contributed by atoms with Crippen molar-refractivity contribution in [3.63, 3.8) is 0 Å². The van der Waals surface area contributed by atoms with Gasteiger partial charge in [-0.3, -0.25) is 4.79 Å². The Hall–Kier alpha value is -1.73. The molecule has 1 heterocycles. The summed E-state index contributed by atoms with van der Waals surface area (Å²) in [5.74, 6) is -2.13. The molecule has 1 aliphatic rings. The molecule has 0 bridgehead atoms. The van der Waals surface area contributed by atoms with E-state index < -0.39 is 29.7 Å². The molecule has 0 N–H and O–H groups in total. The van der Waals surface area contributed by atoms with Gasteiger partial charge in [-0.1, -0.05) is 6.07 Å². The normalized spacial score (nSPS) is 17.6. The number of piperidine rings is 1. The first-order valence-electron chi connectivity index (χ1n) is 6.62. The van der Waals surface area contributed by atoms with Crippen molar-refractivity contribution in [2.75, 3.05) is 13.1 Å². The second-order valence-corrected chi connectivity index (χ2v) is 5.19. The zero-order valence-electron chi connectivity index (χ0n) is 11.3. The fourth-order valence-corrected chi connectivity index (χ4v) is 2.42. The molecular weight excluding hydrogens is 312 g/mol. The number of hydrogen-bond acceptors (Lipinski definition) is 1. The molecule has 0 unspecified atom stereocenters. The molecule has 0 saturated carbocycles. The zero-order chi connectivity index (χ0) is 16.5. The standard InChI is InChI=1S/C14H13F6NO/c15-13(16,17)10-4-6-21(7-5-10)12(22)9-2-1-3-11(8-9)14(18,19)20/h1-3,8,10H,4-7H2. The Morgan fingerprint density at radius 2 is 1.64 bits per heavy atom. The van der Waals surface area contributed by atoms with E-state index in [0.717, 1.165) is 23.1 Å². The molecule has 1 aromatic carbocycles. The zero-order valence-corrected chi connectivity index (χ0v) is 11.3. The number of hydrogen-bond donors (Lipinski definition) is 0. The van der Waals surface area contributed by atoms with E-state index in [2.05, 4.69) is 0 Å². The SMILES string of the molecule is O=C(c1cccc(C(F)(F)F)c1)N1CCC(C(F)(F)F)CC1. The van der Waals surface area contributed by atoms with Crippen LogP contribution in [0.5, 0.6) is 0 Å². The average Bonchev–Trinajstić information content (AvgIpc) is 2.45. The largest absolute Gasteiger partial charge is 0.416 e. The summed E-state index contributed by atoms with van der Waals surface area (Å²) in [6.45, 7) is -0.224. The fourth-order valence-electron chi connectivity index (χ4n) is 2.42. The van der Waals surface area contributed by atoms with Crippen molar-refractivity contribution in [2.24, 2.45) is 5.92 Å². The van der Waals surface area contributed by atoms with Crippen LogP contribution in [0, 0.1) is 5.92 Å². The number of amides is 1. The molecule has 122 valence electrons. The highest BCUT2D eigenvalue weighted by Gasteiger charge is 2.42. The third-order valence-corrected chi connectivity index (χ3v) is 3.68. The Morgan fingerprint density at radius 3 is 2.14 bits per heavy atom. The van der Waals surface area contributed by atoms with Crippen LogP contribution in [0.25, 0.3) is 0 Å². The number of carbonyl (C=O) groups excluding carboxylic acids is 1. The summed E-state index contributed by atoms with van der Waals surface area (Å²) in [4.78, 5) is 13.3. The molecule has 0 atom stereocenters. The minimum atomic E-state index is -4.57. The Balaban J connectivity index is 2.08. The average molecular weight is 325 g/mol. The van der Waals surface area contributed by atoms with Gasteiger partial charge in [-0.05, 0) is 31.0 Å². The summed E-state index contributed by atoms with van der Waals surface area (Å²) in [6.07, 6.45) is -9.33. The van der Waals surface area contributed by atoms with Gasteiger partial charge >= 0.3 is 12.4 Å². The molecule has 2 nitrogen and oxygen atoms in total. The first-order chi connectivity index (χ1) is 10.1. The summed E-state index contributed by atoms with van der Waals surface area (Å²) in [5, 5.41) is 0. The molecule has 1 fully saturated rings. The lowest BCUT2D eigenvalue weighted by Gasteiger charge is -2.33. The molecule has 1 aromatic rings. The quantitative estimate of drug-likeness (QED) is 0.711. The van der Waals surface area contributed by atoms with Gasteiger partial charge in [-0.15, -0.1) is 0 Å². The van der Waals surface area contributed by atoms with Gasteiger partial charge in [0, 0.05) is 18.7 Å². The molecular formula is C14H13F6NO. The van der Waals surface area contributed by atoms with Crippen molar-refractivity contribution in [1.29, 1.82) is 0 Å². The van der Waals surface area contributed by atoms with Gasteiger partial charge < -0.3 is 4.90 Å². The summed E-state index contributed by atoms with van der Waals surface area (Å²) in [7, 11) is 0. The molecule has 0 spiro atoms. The maximum Gasteiger partial charge on any atom is 0.416 e. The molecule has 8 heteroatoms. The van der Waals surface area contributed by atoms with Crippen molar-refractivity contribution >= 4 is 5.91 Å². The van der Waals surface area contributed by atoms with Crippen LogP contribution in [-0.4, -0.2) is 30.1 Å². The monoisotopic (exact) mass is 325 g/mol. The van der Waals surface area contributed by atoms with E-state index in [1.807, 2.05) is 0 Å². The Labute approximate surface area is 122 Å². The Kier molecular flexibility index (Phi) is 4.39. The smallest absolute Gasteiger partial charge is 0.339 e. The number of carbonyl (C=O) groups is 1. The molecule has 0 aromatic heterocycles. The van der Waals surface area contributed by atoms with Crippen molar-refractivity contribution in [3.8, 4) is 0 Å². The van der Waals surface area contributed by atoms with Crippen molar-refractivity contribution in [3.05, 3.63) is 35.4 Å². The van der Waals surface area contributed by atoms with Crippen molar-refractivity contribution < 1.29 is 31.1 Å². The van der Waals surface area contributed by atoms with Gasteiger partial charge in [0.25, 0.3) is 5.91 Å². The molecule has 0 aliphatic carbocycles. The van der Waals surface area contributed by atoms with Crippen LogP contribution in [0.2, 0.25) is 0 Å². The lowest BCUT2D eigenvalue weighted by Crippen LogP contribution is -2.42. The van der Waals surface area contributed by atoms with Gasteiger partial charge in [-0.25, -0.2) is 0 Å². The lowest BCUT2D eigenvalue weighted by molar-refractivity contribution is -0.183. The van der Waals surface area contributed by atoms with E-state index in [4.69, 9.17) is 0 Å². The van der Waals surface area contributed by atoms with Crippen LogP contribution >= 0.6 is 0 Å².